The fraction of sp³-hybridized carbons (Fsp3) is 0.618. The van der Waals surface area contributed by atoms with Crippen molar-refractivity contribution < 1.29 is 84.5 Å². The average molecular weight is 887 g/mol. The van der Waals surface area contributed by atoms with Crippen LogP contribution in [0.2, 0.25) is 0 Å². The summed E-state index contributed by atoms with van der Waals surface area (Å²) in [5.74, 6) is -59.9. The zero-order valence-electron chi connectivity index (χ0n) is 30.7. The van der Waals surface area contributed by atoms with Crippen LogP contribution in [0.25, 0.3) is 16.7 Å². The van der Waals surface area contributed by atoms with Crippen LogP contribution in [0.3, 0.4) is 0 Å². The smallest absolute Gasteiger partial charge is 0.460 e. The minimum Gasteiger partial charge on any atom is -0.505 e. The molecule has 24 heteroatoms. The number of benzene rings is 2. The number of fused-ring (bicyclic) bond motifs is 1. The van der Waals surface area contributed by atoms with Gasteiger partial charge in [-0.1, -0.05) is 46.8 Å². The number of amides is 1. The Kier molecular flexibility index (Phi) is 13.2. The third-order valence-corrected chi connectivity index (χ3v) is 9.71. The van der Waals surface area contributed by atoms with Crippen molar-refractivity contribution in [1.29, 1.82) is 0 Å². The van der Waals surface area contributed by atoms with Crippen molar-refractivity contribution in [2.24, 2.45) is 5.41 Å². The molecule has 0 aliphatic rings. The molecule has 2 N–H and O–H groups in total. The van der Waals surface area contributed by atoms with E-state index in [9.17, 15) is 84.5 Å². The number of alkyl halides is 17. The third-order valence-electron chi connectivity index (χ3n) is 8.72. The number of phenols is 1. The van der Waals surface area contributed by atoms with Gasteiger partial charge in [0.2, 0.25) is 5.91 Å². The Labute approximate surface area is 322 Å². The van der Waals surface area contributed by atoms with E-state index in [-0.39, 0.29) is 40.7 Å². The maximum atomic E-state index is 14.2. The first-order chi connectivity index (χ1) is 25.9. The van der Waals surface area contributed by atoms with Gasteiger partial charge in [0, 0.05) is 30.7 Å². The Morgan fingerprint density at radius 1 is 0.690 bits per heavy atom. The van der Waals surface area contributed by atoms with E-state index in [0.717, 1.165) is 0 Å². The monoisotopic (exact) mass is 886 g/mol. The summed E-state index contributed by atoms with van der Waals surface area (Å²) in [4.78, 5) is 13.8. The molecule has 0 unspecified atom stereocenters. The van der Waals surface area contributed by atoms with Gasteiger partial charge in [-0.3, -0.25) is 4.79 Å². The Balaban J connectivity index is 1.72. The fourth-order valence-corrected chi connectivity index (χ4v) is 6.79. The largest absolute Gasteiger partial charge is 0.505 e. The van der Waals surface area contributed by atoms with Crippen LogP contribution in [-0.2, 0) is 16.8 Å². The molecule has 58 heavy (non-hydrogen) atoms. The van der Waals surface area contributed by atoms with Gasteiger partial charge < -0.3 is 10.4 Å². The van der Waals surface area contributed by atoms with Crippen molar-refractivity contribution in [3.63, 3.8) is 0 Å². The van der Waals surface area contributed by atoms with Gasteiger partial charge >= 0.3 is 47.6 Å². The summed E-state index contributed by atoms with van der Waals surface area (Å²) in [5.41, 5.74) is 1.24. The van der Waals surface area contributed by atoms with Gasteiger partial charge in [-0.2, -0.15) is 86.4 Å². The second-order valence-corrected chi connectivity index (χ2v) is 16.4. The molecule has 0 aliphatic carbocycles. The number of aromatic hydroxyl groups is 1. The molecule has 3 rings (SSSR count). The normalized spacial score (nSPS) is 14.7. The minimum absolute atomic E-state index is 0.128. The van der Waals surface area contributed by atoms with E-state index in [1.807, 2.05) is 34.6 Å². The second-order valence-electron chi connectivity index (χ2n) is 15.1. The standard InChI is InChI=1S/C34H35F17N4O2S/c1-25(2,3)17-26(4,5)19-14-18(24(57)22(15-19)55-53-20-8-6-7-9-21(20)54-55)16-52-23(56)10-12-58-13-11-27(35,36)28(37,38)29(39,40)30(41,42)31(43,44)32(45,46)33(47,48)34(49,50)51/h6-9,14-15,57H,10-13,16-17H2,1-5H3,(H,52,56). The van der Waals surface area contributed by atoms with Crippen LogP contribution in [0.15, 0.2) is 36.4 Å². The summed E-state index contributed by atoms with van der Waals surface area (Å²) in [5, 5.41) is 22.4. The Morgan fingerprint density at radius 3 is 1.62 bits per heavy atom. The Morgan fingerprint density at radius 2 is 1.16 bits per heavy atom. The Bertz CT molecular complexity index is 1910. The van der Waals surface area contributed by atoms with Gasteiger partial charge in [-0.25, -0.2) is 0 Å². The maximum Gasteiger partial charge on any atom is 0.460 e. The zero-order valence-corrected chi connectivity index (χ0v) is 31.6. The van der Waals surface area contributed by atoms with Crippen molar-refractivity contribution in [1.82, 2.24) is 20.3 Å². The van der Waals surface area contributed by atoms with E-state index in [4.69, 9.17) is 0 Å². The molecule has 3 aromatic rings. The van der Waals surface area contributed by atoms with Gasteiger partial charge in [0.05, 0.1) is 0 Å². The molecule has 1 aromatic heterocycles. The molecular formula is C34H35F17N4O2S. The van der Waals surface area contributed by atoms with Crippen LogP contribution in [0.4, 0.5) is 74.6 Å². The van der Waals surface area contributed by atoms with Crippen LogP contribution in [-0.4, -0.2) is 85.1 Å². The van der Waals surface area contributed by atoms with Crippen molar-refractivity contribution in [2.45, 2.75) is 113 Å². The summed E-state index contributed by atoms with van der Waals surface area (Å²) in [6.07, 6.45) is -10.4. The number of rotatable bonds is 17. The van der Waals surface area contributed by atoms with E-state index in [1.165, 1.54) is 4.80 Å². The molecule has 0 saturated carbocycles. The topological polar surface area (TPSA) is 80.0 Å². The quantitative estimate of drug-likeness (QED) is 0.104. The fourth-order valence-electron chi connectivity index (χ4n) is 5.85. The van der Waals surface area contributed by atoms with Gasteiger partial charge in [-0.05, 0) is 52.8 Å². The first-order valence-corrected chi connectivity index (χ1v) is 17.8. The Hall–Kier alpha value is -3.73. The highest BCUT2D eigenvalue weighted by Crippen LogP contribution is 2.64. The summed E-state index contributed by atoms with van der Waals surface area (Å²) >= 11 is 0.128. The number of hydrogen-bond acceptors (Lipinski definition) is 5. The molecule has 0 radical (unpaired) electrons. The molecule has 1 heterocycles. The van der Waals surface area contributed by atoms with Crippen LogP contribution >= 0.6 is 11.8 Å². The molecule has 0 bridgehead atoms. The molecule has 2 aromatic carbocycles. The van der Waals surface area contributed by atoms with E-state index in [1.54, 1.807) is 36.4 Å². The van der Waals surface area contributed by atoms with E-state index < -0.39 is 83.3 Å². The molecule has 0 saturated heterocycles. The average Bonchev–Trinajstić information content (AvgIpc) is 3.49. The highest BCUT2D eigenvalue weighted by molar-refractivity contribution is 7.99. The van der Waals surface area contributed by atoms with Gasteiger partial charge in [0.25, 0.3) is 0 Å². The van der Waals surface area contributed by atoms with Crippen molar-refractivity contribution in [2.75, 3.05) is 11.5 Å². The lowest BCUT2D eigenvalue weighted by Gasteiger charge is -2.42. The molecule has 328 valence electrons. The van der Waals surface area contributed by atoms with E-state index >= 15 is 0 Å². The lowest BCUT2D eigenvalue weighted by Crippen LogP contribution is -2.74. The third kappa shape index (κ3) is 8.90. The molecular weight excluding hydrogens is 851 g/mol. The number of carbonyl (C=O) groups is 1. The SMILES string of the molecule is CC(C)(C)CC(C)(C)c1cc(CNC(=O)CCSCCC(F)(F)C(F)(F)C(F)(F)C(F)(F)C(F)(F)C(F)(F)C(F)(F)C(F)(F)F)c(O)c(-n2nc3ccccc3n2)c1. The molecule has 0 aliphatic heterocycles. The number of nitrogens with one attached hydrogen (secondary N) is 1. The highest BCUT2D eigenvalue weighted by Gasteiger charge is 2.95. The van der Waals surface area contributed by atoms with Gasteiger partial charge in [0.1, 0.15) is 22.5 Å². The number of phenolic OH excluding ortho intramolecular Hbond substituents is 1. The summed E-state index contributed by atoms with van der Waals surface area (Å²) < 4.78 is 230. The lowest BCUT2D eigenvalue weighted by molar-refractivity contribution is -0.461. The van der Waals surface area contributed by atoms with Gasteiger partial charge in [-0.15, -0.1) is 15.0 Å². The number of thioether (sulfide) groups is 1. The molecule has 6 nitrogen and oxygen atoms in total. The van der Waals surface area contributed by atoms with Crippen LogP contribution in [0.1, 0.15) is 65.0 Å². The number of aromatic nitrogens is 3. The van der Waals surface area contributed by atoms with E-state index in [2.05, 4.69) is 15.5 Å². The van der Waals surface area contributed by atoms with Crippen LogP contribution in [0, 0.1) is 5.41 Å². The molecule has 0 spiro atoms. The van der Waals surface area contributed by atoms with Crippen molar-refractivity contribution in [3.8, 4) is 11.4 Å². The first kappa shape index (κ1) is 48.6. The predicted octanol–water partition coefficient (Wildman–Crippen LogP) is 11.0. The van der Waals surface area contributed by atoms with Crippen molar-refractivity contribution >= 4 is 28.7 Å². The van der Waals surface area contributed by atoms with E-state index in [0.29, 0.717) is 23.0 Å². The summed E-state index contributed by atoms with van der Waals surface area (Å²) in [7, 11) is 0. The van der Waals surface area contributed by atoms with Crippen molar-refractivity contribution in [3.05, 3.63) is 47.5 Å². The molecule has 0 fully saturated rings. The lowest BCUT2D eigenvalue weighted by atomic mass is 9.72. The van der Waals surface area contributed by atoms with Gasteiger partial charge in [0.15, 0.2) is 0 Å². The molecule has 1 amide bonds. The number of carbonyl (C=O) groups excluding carboxylic acids is 1. The number of nitrogens with zero attached hydrogens (tertiary/aromatic N) is 3. The predicted molar refractivity (Wildman–Crippen MR) is 177 cm³/mol. The number of halogens is 17. The second kappa shape index (κ2) is 15.7. The summed E-state index contributed by atoms with van der Waals surface area (Å²) in [6.45, 7) is 9.50. The maximum absolute atomic E-state index is 14.2. The molecule has 0 atom stereocenters. The minimum atomic E-state index is -8.68. The number of hydrogen-bond donors (Lipinski definition) is 2. The zero-order chi connectivity index (χ0) is 44.9. The summed E-state index contributed by atoms with van der Waals surface area (Å²) in [6, 6.07) is 10.0. The van der Waals surface area contributed by atoms with Crippen LogP contribution in [0.5, 0.6) is 5.75 Å². The first-order valence-electron chi connectivity index (χ1n) is 16.6. The van der Waals surface area contributed by atoms with Crippen LogP contribution < -0.4 is 5.32 Å². The highest BCUT2D eigenvalue weighted by atomic mass is 32.2.